The molecule has 2 heteroatoms. The summed E-state index contributed by atoms with van der Waals surface area (Å²) >= 11 is 0. The Bertz CT molecular complexity index is 35.3. The van der Waals surface area contributed by atoms with Crippen molar-refractivity contribution in [3.05, 3.63) is 5.43 Å². The number of hydrogen-bond donors (Lipinski definition) is 1. The SMILES string of the molecule is CC(C)[N-][NH+](C)C. The summed E-state index contributed by atoms with van der Waals surface area (Å²) in [5.41, 5.74) is 4.19. The van der Waals surface area contributed by atoms with Crippen molar-refractivity contribution in [3.8, 4) is 0 Å². The van der Waals surface area contributed by atoms with E-state index < -0.39 is 0 Å². The van der Waals surface area contributed by atoms with Gasteiger partial charge in [0.05, 0.1) is 14.1 Å². The van der Waals surface area contributed by atoms with Gasteiger partial charge in [-0.3, -0.25) is 0 Å². The van der Waals surface area contributed by atoms with Crippen molar-refractivity contribution in [2.45, 2.75) is 19.9 Å². The van der Waals surface area contributed by atoms with Gasteiger partial charge >= 0.3 is 0 Å². The highest BCUT2D eigenvalue weighted by Gasteiger charge is 1.78. The largest absolute Gasteiger partial charge is 0.452 e. The topological polar surface area (TPSA) is 18.5 Å². The van der Waals surface area contributed by atoms with E-state index in [-0.39, 0.29) is 0 Å². The van der Waals surface area contributed by atoms with Crippen LogP contribution in [0, 0.1) is 0 Å². The Morgan fingerprint density at radius 2 is 1.71 bits per heavy atom. The van der Waals surface area contributed by atoms with Crippen molar-refractivity contribution in [3.63, 3.8) is 0 Å². The van der Waals surface area contributed by atoms with Crippen LogP contribution < -0.4 is 5.01 Å². The first kappa shape index (κ1) is 6.92. The lowest BCUT2D eigenvalue weighted by Gasteiger charge is -2.26. The average molecular weight is 102 g/mol. The Hall–Kier alpha value is -0.0800. The van der Waals surface area contributed by atoms with Gasteiger partial charge in [0, 0.05) is 0 Å². The van der Waals surface area contributed by atoms with E-state index in [0.717, 1.165) is 5.01 Å². The van der Waals surface area contributed by atoms with Gasteiger partial charge in [0.1, 0.15) is 0 Å². The molecule has 0 spiro atoms. The highest BCUT2D eigenvalue weighted by atomic mass is 15.5. The van der Waals surface area contributed by atoms with Gasteiger partial charge in [0.15, 0.2) is 0 Å². The maximum atomic E-state index is 4.19. The van der Waals surface area contributed by atoms with E-state index in [9.17, 15) is 0 Å². The zero-order chi connectivity index (χ0) is 5.86. The van der Waals surface area contributed by atoms with Crippen LogP contribution in [-0.2, 0) is 0 Å². The standard InChI is InChI=1S/C5H14N2/c1-5(2)6-7(3)4/h5,7H,1-4H3. The van der Waals surface area contributed by atoms with E-state index in [2.05, 4.69) is 19.3 Å². The van der Waals surface area contributed by atoms with Crippen LogP contribution in [0.3, 0.4) is 0 Å². The van der Waals surface area contributed by atoms with Crippen molar-refractivity contribution in [1.82, 2.24) is 0 Å². The van der Waals surface area contributed by atoms with Crippen LogP contribution in [-0.4, -0.2) is 20.1 Å². The smallest absolute Gasteiger partial charge is 0.0575 e. The van der Waals surface area contributed by atoms with Crippen LogP contribution in [0.1, 0.15) is 13.8 Å². The molecule has 2 nitrogen and oxygen atoms in total. The molecule has 0 heterocycles. The highest BCUT2D eigenvalue weighted by molar-refractivity contribution is 4.65. The monoisotopic (exact) mass is 102 g/mol. The van der Waals surface area contributed by atoms with Crippen molar-refractivity contribution in [2.75, 3.05) is 14.1 Å². The number of hydrogen-bond acceptors (Lipinski definition) is 0. The summed E-state index contributed by atoms with van der Waals surface area (Å²) < 4.78 is 0. The Morgan fingerprint density at radius 1 is 1.29 bits per heavy atom. The number of rotatable bonds is 2. The molecule has 0 aromatic rings. The molecule has 0 fully saturated rings. The summed E-state index contributed by atoms with van der Waals surface area (Å²) in [6.07, 6.45) is 0. The summed E-state index contributed by atoms with van der Waals surface area (Å²) in [5.74, 6) is 0. The molecule has 0 amide bonds. The molecule has 0 radical (unpaired) electrons. The molecule has 0 saturated carbocycles. The fraction of sp³-hybridized carbons (Fsp3) is 1.00. The summed E-state index contributed by atoms with van der Waals surface area (Å²) in [5, 5.41) is 1.16. The second-order valence-electron chi connectivity index (χ2n) is 2.17. The first-order valence-electron chi connectivity index (χ1n) is 2.64. The third-order valence-corrected chi connectivity index (χ3v) is 0.516. The second kappa shape index (κ2) is 2.99. The first-order chi connectivity index (χ1) is 3.13. The normalized spacial score (nSPS) is 11.1. The molecular formula is C5H14N2. The minimum Gasteiger partial charge on any atom is -0.452 e. The Balaban J connectivity index is 2.95. The van der Waals surface area contributed by atoms with Gasteiger partial charge in [0.25, 0.3) is 0 Å². The van der Waals surface area contributed by atoms with Gasteiger partial charge in [-0.05, 0) is 0 Å². The Kier molecular flexibility index (Phi) is 2.96. The number of nitrogens with zero attached hydrogens (tertiary/aromatic N) is 1. The lowest BCUT2D eigenvalue weighted by molar-refractivity contribution is -0.820. The molecule has 0 aliphatic heterocycles. The Morgan fingerprint density at radius 3 is 1.71 bits per heavy atom. The van der Waals surface area contributed by atoms with Crippen LogP contribution in [0.2, 0.25) is 0 Å². The quantitative estimate of drug-likeness (QED) is 0.467. The fourth-order valence-electron chi connectivity index (χ4n) is 0.516. The van der Waals surface area contributed by atoms with E-state index in [1.54, 1.807) is 0 Å². The van der Waals surface area contributed by atoms with Crippen LogP contribution in [0.5, 0.6) is 0 Å². The van der Waals surface area contributed by atoms with E-state index in [4.69, 9.17) is 0 Å². The zero-order valence-corrected chi connectivity index (χ0v) is 5.52. The number of nitrogens with one attached hydrogen (secondary N) is 1. The molecule has 0 aliphatic carbocycles. The van der Waals surface area contributed by atoms with Gasteiger partial charge in [-0.15, -0.1) is 6.04 Å². The van der Waals surface area contributed by atoms with Crippen LogP contribution in [0.25, 0.3) is 5.43 Å². The predicted octanol–water partition coefficient (Wildman–Crippen LogP) is -0.172. The summed E-state index contributed by atoms with van der Waals surface area (Å²) in [6, 6.07) is 0.463. The molecule has 0 saturated heterocycles. The summed E-state index contributed by atoms with van der Waals surface area (Å²) in [6.45, 7) is 4.15. The van der Waals surface area contributed by atoms with Crippen molar-refractivity contribution in [2.24, 2.45) is 0 Å². The van der Waals surface area contributed by atoms with Crippen molar-refractivity contribution in [1.29, 1.82) is 0 Å². The molecule has 0 aromatic carbocycles. The van der Waals surface area contributed by atoms with Gasteiger partial charge in [0.2, 0.25) is 0 Å². The van der Waals surface area contributed by atoms with E-state index >= 15 is 0 Å². The average Bonchev–Trinajstić information content (AvgIpc) is 1.27. The third kappa shape index (κ3) is 5.92. The van der Waals surface area contributed by atoms with E-state index in [1.165, 1.54) is 0 Å². The Labute approximate surface area is 45.5 Å². The fourth-order valence-corrected chi connectivity index (χ4v) is 0.516. The number of quaternary nitrogens is 1. The van der Waals surface area contributed by atoms with Gasteiger partial charge < -0.3 is 10.4 Å². The van der Waals surface area contributed by atoms with Crippen LogP contribution in [0.15, 0.2) is 0 Å². The molecule has 44 valence electrons. The maximum absolute atomic E-state index is 4.19. The highest BCUT2D eigenvalue weighted by Crippen LogP contribution is 1.83. The maximum Gasteiger partial charge on any atom is 0.0575 e. The molecule has 0 aromatic heterocycles. The second-order valence-corrected chi connectivity index (χ2v) is 2.17. The van der Waals surface area contributed by atoms with Crippen molar-refractivity contribution >= 4 is 0 Å². The van der Waals surface area contributed by atoms with E-state index in [0.29, 0.717) is 6.04 Å². The third-order valence-electron chi connectivity index (χ3n) is 0.516. The molecule has 1 N–H and O–H groups in total. The molecule has 0 bridgehead atoms. The zero-order valence-electron chi connectivity index (χ0n) is 5.52. The predicted molar refractivity (Wildman–Crippen MR) is 31.3 cm³/mol. The minimum atomic E-state index is 0.463. The van der Waals surface area contributed by atoms with Crippen LogP contribution in [0.4, 0.5) is 0 Å². The van der Waals surface area contributed by atoms with Crippen LogP contribution >= 0.6 is 0 Å². The lowest BCUT2D eigenvalue weighted by atomic mass is 10.4. The molecule has 0 unspecified atom stereocenters. The van der Waals surface area contributed by atoms with Gasteiger partial charge in [-0.25, -0.2) is 0 Å². The van der Waals surface area contributed by atoms with Gasteiger partial charge in [-0.2, -0.15) is 0 Å². The molecular weight excluding hydrogens is 88.1 g/mol. The molecule has 7 heavy (non-hydrogen) atoms. The first-order valence-corrected chi connectivity index (χ1v) is 2.64. The minimum absolute atomic E-state index is 0.463. The molecule has 0 aliphatic rings. The lowest BCUT2D eigenvalue weighted by Crippen LogP contribution is -3.01. The van der Waals surface area contributed by atoms with E-state index in [1.807, 2.05) is 14.1 Å². The van der Waals surface area contributed by atoms with Gasteiger partial charge in [-0.1, -0.05) is 13.8 Å². The molecule has 0 rings (SSSR count). The molecule has 0 atom stereocenters. The van der Waals surface area contributed by atoms with Crippen molar-refractivity contribution < 1.29 is 5.01 Å². The summed E-state index contributed by atoms with van der Waals surface area (Å²) in [4.78, 5) is 0. The summed E-state index contributed by atoms with van der Waals surface area (Å²) in [7, 11) is 4.03.